The third-order valence-electron chi connectivity index (χ3n) is 3.95. The van der Waals surface area contributed by atoms with Crippen LogP contribution in [0.25, 0.3) is 11.0 Å². The van der Waals surface area contributed by atoms with E-state index in [0.717, 1.165) is 0 Å². The van der Waals surface area contributed by atoms with E-state index in [1.165, 1.54) is 0 Å². The third kappa shape index (κ3) is 2.72. The summed E-state index contributed by atoms with van der Waals surface area (Å²) in [5.74, 6) is 0.191. The molecular formula is C15H19N5O3. The average molecular weight is 317 g/mol. The monoisotopic (exact) mass is 317 g/mol. The van der Waals surface area contributed by atoms with Gasteiger partial charge in [0, 0.05) is 27.1 Å². The van der Waals surface area contributed by atoms with Gasteiger partial charge in [-0.15, -0.1) is 0 Å². The summed E-state index contributed by atoms with van der Waals surface area (Å²) < 4.78 is 0. The molecule has 23 heavy (non-hydrogen) atoms. The van der Waals surface area contributed by atoms with Crippen LogP contribution in [0, 0.1) is 0 Å². The van der Waals surface area contributed by atoms with E-state index in [0.29, 0.717) is 28.4 Å². The third-order valence-corrected chi connectivity index (χ3v) is 3.95. The van der Waals surface area contributed by atoms with Crippen molar-refractivity contribution in [2.75, 3.05) is 36.2 Å². The first-order chi connectivity index (χ1) is 10.9. The number of aliphatic carboxylic acids is 1. The van der Waals surface area contributed by atoms with Crippen molar-refractivity contribution in [3.63, 3.8) is 0 Å². The molecule has 0 bridgehead atoms. The topological polar surface area (TPSA) is 116 Å². The summed E-state index contributed by atoms with van der Waals surface area (Å²) >= 11 is 0. The molecule has 0 radical (unpaired) electrons. The van der Waals surface area contributed by atoms with E-state index >= 15 is 0 Å². The number of anilines is 3. The lowest BCUT2D eigenvalue weighted by molar-refractivity contribution is -0.138. The molecule has 0 aliphatic carbocycles. The molecule has 1 aliphatic rings. The number of nitrogens with two attached hydrogens (primary N) is 1. The standard InChI is InChI=1S/C15H19N5O3/c1-19(2)14-9(16)6-11-10(18-14)3-4-13(17-11)20-7-8(21)5-12(20)15(22)23/h3-4,6,8,12,21H,5,7,16H2,1-2H3,(H,22,23). The van der Waals surface area contributed by atoms with E-state index in [9.17, 15) is 15.0 Å². The lowest BCUT2D eigenvalue weighted by atomic mass is 10.2. The van der Waals surface area contributed by atoms with Crippen molar-refractivity contribution in [3.05, 3.63) is 18.2 Å². The number of aliphatic hydroxyl groups is 1. The van der Waals surface area contributed by atoms with Crippen LogP contribution in [0.1, 0.15) is 6.42 Å². The van der Waals surface area contributed by atoms with Crippen molar-refractivity contribution in [3.8, 4) is 0 Å². The number of carboxylic acid groups (broad SMARTS) is 1. The number of nitrogens with zero attached hydrogens (tertiary/aromatic N) is 4. The highest BCUT2D eigenvalue weighted by Gasteiger charge is 2.36. The summed E-state index contributed by atoms with van der Waals surface area (Å²) in [6.45, 7) is 0.244. The van der Waals surface area contributed by atoms with Crippen molar-refractivity contribution < 1.29 is 15.0 Å². The molecule has 4 N–H and O–H groups in total. The van der Waals surface area contributed by atoms with E-state index in [4.69, 9.17) is 5.73 Å². The number of hydrogen-bond donors (Lipinski definition) is 3. The number of hydrogen-bond acceptors (Lipinski definition) is 7. The summed E-state index contributed by atoms with van der Waals surface area (Å²) in [6, 6.07) is 4.46. The molecule has 2 unspecified atom stereocenters. The van der Waals surface area contributed by atoms with Crippen LogP contribution >= 0.6 is 0 Å². The maximum atomic E-state index is 11.3. The van der Waals surface area contributed by atoms with Crippen LogP contribution in [0.5, 0.6) is 0 Å². The fourth-order valence-electron chi connectivity index (χ4n) is 2.87. The smallest absolute Gasteiger partial charge is 0.326 e. The van der Waals surface area contributed by atoms with Gasteiger partial charge in [-0.05, 0) is 18.2 Å². The van der Waals surface area contributed by atoms with Gasteiger partial charge in [0.25, 0.3) is 0 Å². The molecular weight excluding hydrogens is 298 g/mol. The van der Waals surface area contributed by atoms with Gasteiger partial charge in [-0.2, -0.15) is 0 Å². The van der Waals surface area contributed by atoms with Gasteiger partial charge in [-0.25, -0.2) is 14.8 Å². The molecule has 0 amide bonds. The zero-order valence-corrected chi connectivity index (χ0v) is 13.0. The number of carboxylic acids is 1. The first-order valence-corrected chi connectivity index (χ1v) is 7.29. The minimum Gasteiger partial charge on any atom is -0.480 e. The van der Waals surface area contributed by atoms with E-state index in [2.05, 4.69) is 9.97 Å². The number of nitrogen functional groups attached to an aromatic ring is 1. The van der Waals surface area contributed by atoms with Gasteiger partial charge in [0.2, 0.25) is 0 Å². The minimum absolute atomic E-state index is 0.189. The van der Waals surface area contributed by atoms with Gasteiger partial charge in [0.1, 0.15) is 11.9 Å². The maximum absolute atomic E-state index is 11.3. The second-order valence-corrected chi connectivity index (χ2v) is 5.90. The molecule has 0 aromatic carbocycles. The molecule has 2 aromatic heterocycles. The molecule has 0 saturated carbocycles. The summed E-state index contributed by atoms with van der Waals surface area (Å²) in [5.41, 5.74) is 7.77. The first-order valence-electron chi connectivity index (χ1n) is 7.29. The fourth-order valence-corrected chi connectivity index (χ4v) is 2.87. The molecule has 2 aromatic rings. The number of pyridine rings is 2. The van der Waals surface area contributed by atoms with Crippen LogP contribution in [-0.2, 0) is 4.79 Å². The predicted molar refractivity (Wildman–Crippen MR) is 87.7 cm³/mol. The summed E-state index contributed by atoms with van der Waals surface area (Å²) in [4.78, 5) is 23.7. The Labute approximate surface area is 133 Å². The Kier molecular flexibility index (Phi) is 3.69. The van der Waals surface area contributed by atoms with Crippen LogP contribution in [0.15, 0.2) is 18.2 Å². The maximum Gasteiger partial charge on any atom is 0.326 e. The minimum atomic E-state index is -0.968. The van der Waals surface area contributed by atoms with Crippen molar-refractivity contribution in [2.45, 2.75) is 18.6 Å². The van der Waals surface area contributed by atoms with Crippen molar-refractivity contribution in [1.29, 1.82) is 0 Å². The molecule has 8 heteroatoms. The fraction of sp³-hybridized carbons (Fsp3) is 0.400. The second-order valence-electron chi connectivity index (χ2n) is 5.90. The Bertz CT molecular complexity index is 764. The summed E-state index contributed by atoms with van der Waals surface area (Å²) in [7, 11) is 3.71. The van der Waals surface area contributed by atoms with Crippen LogP contribution in [0.2, 0.25) is 0 Å². The van der Waals surface area contributed by atoms with Crippen LogP contribution in [-0.4, -0.2) is 58.9 Å². The van der Waals surface area contributed by atoms with E-state index in [-0.39, 0.29) is 13.0 Å². The Morgan fingerprint density at radius 3 is 2.74 bits per heavy atom. The summed E-state index contributed by atoms with van der Waals surface area (Å²) in [6.07, 6.45) is -0.484. The highest BCUT2D eigenvalue weighted by Crippen LogP contribution is 2.28. The Morgan fingerprint density at radius 2 is 2.09 bits per heavy atom. The Morgan fingerprint density at radius 1 is 1.35 bits per heavy atom. The molecule has 1 saturated heterocycles. The Balaban J connectivity index is 2.03. The SMILES string of the molecule is CN(C)c1nc2ccc(N3CC(O)CC3C(=O)O)nc2cc1N. The lowest BCUT2D eigenvalue weighted by Crippen LogP contribution is -2.36. The number of aromatic nitrogens is 2. The van der Waals surface area contributed by atoms with Gasteiger partial charge in [-0.3, -0.25) is 0 Å². The van der Waals surface area contributed by atoms with Crippen LogP contribution < -0.4 is 15.5 Å². The predicted octanol–water partition coefficient (Wildman–Crippen LogP) is 0.302. The van der Waals surface area contributed by atoms with Gasteiger partial charge in [0.15, 0.2) is 5.82 Å². The van der Waals surface area contributed by atoms with E-state index in [1.807, 2.05) is 19.0 Å². The highest BCUT2D eigenvalue weighted by molar-refractivity contribution is 5.85. The Hall–Kier alpha value is -2.61. The molecule has 122 valence electrons. The molecule has 1 fully saturated rings. The van der Waals surface area contributed by atoms with Crippen molar-refractivity contribution in [2.24, 2.45) is 0 Å². The zero-order chi connectivity index (χ0) is 16.7. The highest BCUT2D eigenvalue weighted by atomic mass is 16.4. The molecule has 3 heterocycles. The van der Waals surface area contributed by atoms with Gasteiger partial charge < -0.3 is 25.7 Å². The van der Waals surface area contributed by atoms with Gasteiger partial charge >= 0.3 is 5.97 Å². The molecule has 1 aliphatic heterocycles. The van der Waals surface area contributed by atoms with Crippen molar-refractivity contribution in [1.82, 2.24) is 9.97 Å². The van der Waals surface area contributed by atoms with Crippen LogP contribution in [0.3, 0.4) is 0 Å². The quantitative estimate of drug-likeness (QED) is 0.740. The number of rotatable bonds is 3. The van der Waals surface area contributed by atoms with E-state index in [1.54, 1.807) is 23.1 Å². The van der Waals surface area contributed by atoms with Gasteiger partial charge in [-0.1, -0.05) is 0 Å². The number of carbonyl (C=O) groups is 1. The molecule has 2 atom stereocenters. The van der Waals surface area contributed by atoms with Gasteiger partial charge in [0.05, 0.1) is 22.8 Å². The normalized spacial score (nSPS) is 20.9. The number of aliphatic hydroxyl groups excluding tert-OH is 1. The van der Waals surface area contributed by atoms with Crippen LogP contribution in [0.4, 0.5) is 17.3 Å². The molecule has 3 rings (SSSR count). The summed E-state index contributed by atoms with van der Waals surface area (Å²) in [5, 5.41) is 19.1. The van der Waals surface area contributed by atoms with E-state index < -0.39 is 18.1 Å². The average Bonchev–Trinajstić information content (AvgIpc) is 2.88. The second kappa shape index (κ2) is 5.54. The lowest BCUT2D eigenvalue weighted by Gasteiger charge is -2.22. The zero-order valence-electron chi connectivity index (χ0n) is 13.0. The molecule has 8 nitrogen and oxygen atoms in total. The number of fused-ring (bicyclic) bond motifs is 1. The number of β-amino-alcohol motifs (C(OH)–C–C–N with tert-alkyl or cyclic N) is 1. The largest absolute Gasteiger partial charge is 0.480 e. The van der Waals surface area contributed by atoms with Crippen molar-refractivity contribution >= 4 is 34.3 Å². The first kappa shape index (κ1) is 15.3. The molecule has 0 spiro atoms.